The lowest BCUT2D eigenvalue weighted by molar-refractivity contribution is -0.161. The Hall–Kier alpha value is -3.70. The number of carbonyl (C=O) groups is 2. The number of hydrogen-bond donors (Lipinski definition) is 1. The number of ether oxygens (including phenoxy) is 2. The lowest BCUT2D eigenvalue weighted by Gasteiger charge is -2.15. The summed E-state index contributed by atoms with van der Waals surface area (Å²) in [6.07, 6.45) is 81.7. The minimum absolute atomic E-state index is 0.0891. The molecule has 66 heavy (non-hydrogen) atoms. The van der Waals surface area contributed by atoms with Crippen LogP contribution in [0.4, 0.5) is 0 Å². The number of aliphatic hydroxyl groups excluding tert-OH is 1. The van der Waals surface area contributed by atoms with Crippen LogP contribution < -0.4 is 0 Å². The highest BCUT2D eigenvalue weighted by atomic mass is 16.6. The molecule has 374 valence electrons. The van der Waals surface area contributed by atoms with Crippen LogP contribution in [-0.2, 0) is 19.1 Å². The molecule has 1 atom stereocenters. The molecular weight excluding hydrogens is 813 g/mol. The van der Waals surface area contributed by atoms with Crippen LogP contribution in [0.15, 0.2) is 122 Å². The smallest absolute Gasteiger partial charge is 0.306 e. The van der Waals surface area contributed by atoms with Crippen molar-refractivity contribution in [2.75, 3.05) is 13.2 Å². The van der Waals surface area contributed by atoms with E-state index in [1.165, 1.54) is 103 Å². The highest BCUT2D eigenvalue weighted by Crippen LogP contribution is 2.15. The first kappa shape index (κ1) is 62.3. The number of rotatable bonds is 48. The molecule has 0 bridgehead atoms. The Labute approximate surface area is 407 Å². The molecule has 0 saturated carbocycles. The van der Waals surface area contributed by atoms with Crippen LogP contribution >= 0.6 is 0 Å². The van der Waals surface area contributed by atoms with Gasteiger partial charge < -0.3 is 14.6 Å². The van der Waals surface area contributed by atoms with Crippen LogP contribution in [0.5, 0.6) is 0 Å². The van der Waals surface area contributed by atoms with E-state index in [9.17, 15) is 14.7 Å². The average molecular weight is 913 g/mol. The van der Waals surface area contributed by atoms with Gasteiger partial charge in [0.05, 0.1) is 6.61 Å². The molecule has 1 unspecified atom stereocenters. The van der Waals surface area contributed by atoms with Gasteiger partial charge in [-0.1, -0.05) is 238 Å². The first-order valence-corrected chi connectivity index (χ1v) is 27.1. The van der Waals surface area contributed by atoms with E-state index < -0.39 is 6.10 Å². The molecule has 0 amide bonds. The summed E-state index contributed by atoms with van der Waals surface area (Å²) in [4.78, 5) is 24.5. The van der Waals surface area contributed by atoms with Crippen LogP contribution in [-0.4, -0.2) is 36.4 Å². The van der Waals surface area contributed by atoms with E-state index in [2.05, 4.69) is 135 Å². The Morgan fingerprint density at radius 3 is 0.939 bits per heavy atom. The minimum atomic E-state index is -0.803. The van der Waals surface area contributed by atoms with Crippen molar-refractivity contribution in [3.8, 4) is 0 Å². The summed E-state index contributed by atoms with van der Waals surface area (Å²) in [7, 11) is 0. The van der Waals surface area contributed by atoms with E-state index in [0.717, 1.165) is 103 Å². The summed E-state index contributed by atoms with van der Waals surface area (Å²) in [5.74, 6) is -0.644. The van der Waals surface area contributed by atoms with Crippen molar-refractivity contribution in [1.29, 1.82) is 0 Å². The summed E-state index contributed by atoms with van der Waals surface area (Å²) in [6, 6.07) is 0. The number of hydrogen-bond acceptors (Lipinski definition) is 5. The van der Waals surface area contributed by atoms with Crippen LogP contribution in [0.25, 0.3) is 0 Å². The lowest BCUT2D eigenvalue weighted by Crippen LogP contribution is -2.28. The summed E-state index contributed by atoms with van der Waals surface area (Å²) < 4.78 is 10.7. The molecule has 0 saturated heterocycles. The molecule has 0 aromatic carbocycles. The molecule has 0 aromatic heterocycles. The van der Waals surface area contributed by atoms with E-state index in [0.29, 0.717) is 12.8 Å². The van der Waals surface area contributed by atoms with E-state index in [1.807, 2.05) is 0 Å². The molecule has 0 heterocycles. The van der Waals surface area contributed by atoms with Gasteiger partial charge in [-0.15, -0.1) is 0 Å². The van der Waals surface area contributed by atoms with Crippen LogP contribution in [0.1, 0.15) is 232 Å². The second kappa shape index (κ2) is 55.6. The third-order valence-electron chi connectivity index (χ3n) is 11.3. The van der Waals surface area contributed by atoms with Gasteiger partial charge in [0.1, 0.15) is 6.61 Å². The predicted molar refractivity (Wildman–Crippen MR) is 288 cm³/mol. The third kappa shape index (κ3) is 52.9. The molecule has 0 aromatic rings. The Kier molecular flexibility index (Phi) is 52.5. The van der Waals surface area contributed by atoms with Gasteiger partial charge in [0.15, 0.2) is 6.10 Å². The van der Waals surface area contributed by atoms with Gasteiger partial charge in [-0.3, -0.25) is 9.59 Å². The second-order valence-electron chi connectivity index (χ2n) is 17.5. The highest BCUT2D eigenvalue weighted by molar-refractivity contribution is 5.70. The van der Waals surface area contributed by atoms with Crippen LogP contribution in [0.3, 0.4) is 0 Å². The number of carbonyl (C=O) groups excluding carboxylic acids is 2. The molecule has 0 aliphatic rings. The van der Waals surface area contributed by atoms with Gasteiger partial charge in [0.2, 0.25) is 0 Å². The Balaban J connectivity index is 3.55. The molecule has 0 spiro atoms. The third-order valence-corrected chi connectivity index (χ3v) is 11.3. The number of aliphatic hydroxyl groups is 1. The molecule has 1 N–H and O–H groups in total. The molecule has 0 fully saturated rings. The molecule has 0 aliphatic carbocycles. The first-order valence-electron chi connectivity index (χ1n) is 27.1. The zero-order valence-electron chi connectivity index (χ0n) is 42.7. The standard InChI is InChI=1S/C61H100O5/c1-3-5-7-9-11-13-15-17-19-21-23-25-26-27-28-29-30-31-32-33-34-36-37-39-41-43-45-47-49-51-53-55-60(63)65-58-59(57-62)66-61(64)56-54-52-50-48-46-44-42-40-38-35-24-22-20-18-16-14-12-10-8-6-4-2/h5-8,11-14,17-20,23-25,35,40,42,46,48,59,62H,3-4,9-10,15-16,21-22,26-34,36-39,41,43-45,47,49-58H2,1-2H3/b7-5-,8-6-,13-11-,14-12-,19-17-,20-18-,25-23-,35-24-,42-40-,48-46-. The molecule has 0 radical (unpaired) electrons. The van der Waals surface area contributed by atoms with Crippen molar-refractivity contribution in [2.45, 2.75) is 238 Å². The van der Waals surface area contributed by atoms with Crippen molar-refractivity contribution >= 4 is 11.9 Å². The minimum Gasteiger partial charge on any atom is -0.462 e. The number of unbranched alkanes of at least 4 members (excludes halogenated alkanes) is 20. The maximum atomic E-state index is 12.3. The molecule has 5 heteroatoms. The maximum absolute atomic E-state index is 12.3. The topological polar surface area (TPSA) is 72.8 Å². The quantitative estimate of drug-likeness (QED) is 0.0374. The predicted octanol–water partition coefficient (Wildman–Crippen LogP) is 18.3. The Morgan fingerprint density at radius 1 is 0.348 bits per heavy atom. The fraction of sp³-hybridized carbons (Fsp3) is 0.639. The summed E-state index contributed by atoms with van der Waals surface area (Å²) in [5.41, 5.74) is 0. The highest BCUT2D eigenvalue weighted by Gasteiger charge is 2.16. The normalized spacial score (nSPS) is 13.2. The number of allylic oxidation sites excluding steroid dienone is 20. The van der Waals surface area contributed by atoms with Crippen molar-refractivity contribution in [1.82, 2.24) is 0 Å². The maximum Gasteiger partial charge on any atom is 0.306 e. The molecular formula is C61H100O5. The zero-order chi connectivity index (χ0) is 47.7. The van der Waals surface area contributed by atoms with Gasteiger partial charge >= 0.3 is 11.9 Å². The first-order chi connectivity index (χ1) is 32.6. The summed E-state index contributed by atoms with van der Waals surface area (Å²) in [5, 5.41) is 9.63. The zero-order valence-corrected chi connectivity index (χ0v) is 42.7. The van der Waals surface area contributed by atoms with Gasteiger partial charge in [0, 0.05) is 12.8 Å². The monoisotopic (exact) mass is 913 g/mol. The molecule has 5 nitrogen and oxygen atoms in total. The van der Waals surface area contributed by atoms with Gasteiger partial charge in [-0.05, 0) is 103 Å². The fourth-order valence-electron chi connectivity index (χ4n) is 7.26. The summed E-state index contributed by atoms with van der Waals surface area (Å²) >= 11 is 0. The van der Waals surface area contributed by atoms with E-state index in [1.54, 1.807) is 0 Å². The Morgan fingerprint density at radius 2 is 0.606 bits per heavy atom. The van der Waals surface area contributed by atoms with Crippen LogP contribution in [0, 0.1) is 0 Å². The van der Waals surface area contributed by atoms with Crippen LogP contribution in [0.2, 0.25) is 0 Å². The fourth-order valence-corrected chi connectivity index (χ4v) is 7.26. The van der Waals surface area contributed by atoms with E-state index in [4.69, 9.17) is 9.47 Å². The lowest BCUT2D eigenvalue weighted by atomic mass is 10.0. The van der Waals surface area contributed by atoms with Crippen molar-refractivity contribution in [2.24, 2.45) is 0 Å². The van der Waals surface area contributed by atoms with Gasteiger partial charge in [-0.2, -0.15) is 0 Å². The van der Waals surface area contributed by atoms with E-state index >= 15 is 0 Å². The van der Waals surface area contributed by atoms with Gasteiger partial charge in [-0.25, -0.2) is 0 Å². The van der Waals surface area contributed by atoms with E-state index in [-0.39, 0.29) is 25.2 Å². The summed E-state index contributed by atoms with van der Waals surface area (Å²) in [6.45, 7) is 3.88. The van der Waals surface area contributed by atoms with Crippen molar-refractivity contribution in [3.05, 3.63) is 122 Å². The SMILES string of the molecule is CC/C=C\C/C=C\C/C=C\C/C=C\C/C=C\C/C=C\CCCCC(=O)OC(CO)COC(=O)CCCCCCCCCCCCCCCCCCCC/C=C\C/C=C\C/C=C\C/C=C\CC. The molecule has 0 rings (SSSR count). The van der Waals surface area contributed by atoms with Crippen molar-refractivity contribution < 1.29 is 24.2 Å². The molecule has 0 aliphatic heterocycles. The Bertz CT molecular complexity index is 1350. The largest absolute Gasteiger partial charge is 0.462 e. The van der Waals surface area contributed by atoms with Crippen molar-refractivity contribution in [3.63, 3.8) is 0 Å². The number of esters is 2. The van der Waals surface area contributed by atoms with Gasteiger partial charge in [0.25, 0.3) is 0 Å². The second-order valence-corrected chi connectivity index (χ2v) is 17.5. The average Bonchev–Trinajstić information content (AvgIpc) is 3.32.